The van der Waals surface area contributed by atoms with E-state index in [0.29, 0.717) is 6.54 Å². The minimum Gasteiger partial charge on any atom is -0.396 e. The van der Waals surface area contributed by atoms with Crippen LogP contribution < -0.4 is 5.32 Å². The number of rotatable bonds is 8. The van der Waals surface area contributed by atoms with E-state index in [0.717, 1.165) is 30.0 Å². The van der Waals surface area contributed by atoms with Crippen molar-refractivity contribution in [3.8, 4) is 6.07 Å². The summed E-state index contributed by atoms with van der Waals surface area (Å²) in [6, 6.07) is 6.41. The molecule has 0 fully saturated rings. The number of thioether (sulfide) groups is 1. The maximum absolute atomic E-state index is 13.1. The van der Waals surface area contributed by atoms with Crippen molar-refractivity contribution < 1.29 is 9.50 Å². The number of halogens is 1. The van der Waals surface area contributed by atoms with Crippen LogP contribution in [0.15, 0.2) is 18.2 Å². The number of hydrogen-bond donors (Lipinski definition) is 2. The number of nitrogens with zero attached hydrogens (tertiary/aromatic N) is 1. The van der Waals surface area contributed by atoms with Gasteiger partial charge in [-0.1, -0.05) is 6.07 Å². The molecule has 0 bridgehead atoms. The van der Waals surface area contributed by atoms with E-state index in [1.165, 1.54) is 6.07 Å². The standard InChI is InChI=1S/C13H17FN2OS/c14-13-3-2-11(8-12(13)9-15)10-16-4-7-18-6-1-5-17/h2-3,8,16-17H,1,4-7,10H2. The Hall–Kier alpha value is -1.09. The number of aliphatic hydroxyl groups is 1. The summed E-state index contributed by atoms with van der Waals surface area (Å²) in [6.07, 6.45) is 0.828. The fraction of sp³-hybridized carbons (Fsp3) is 0.462. The first kappa shape index (κ1) is 15.0. The van der Waals surface area contributed by atoms with Gasteiger partial charge in [0.05, 0.1) is 5.56 Å². The van der Waals surface area contributed by atoms with Crippen molar-refractivity contribution >= 4 is 11.8 Å². The first-order valence-electron chi connectivity index (χ1n) is 5.85. The van der Waals surface area contributed by atoms with Gasteiger partial charge in [-0.15, -0.1) is 0 Å². The van der Waals surface area contributed by atoms with Crippen molar-refractivity contribution in [2.24, 2.45) is 0 Å². The normalized spacial score (nSPS) is 10.3. The first-order valence-corrected chi connectivity index (χ1v) is 7.01. The number of aliphatic hydroxyl groups excluding tert-OH is 1. The lowest BCUT2D eigenvalue weighted by Gasteiger charge is -2.05. The van der Waals surface area contributed by atoms with Crippen LogP contribution in [-0.2, 0) is 6.54 Å². The fourth-order valence-electron chi connectivity index (χ4n) is 1.41. The summed E-state index contributed by atoms with van der Waals surface area (Å²) < 4.78 is 13.1. The molecule has 0 heterocycles. The second-order valence-corrected chi connectivity index (χ2v) is 5.02. The highest BCUT2D eigenvalue weighted by molar-refractivity contribution is 7.99. The van der Waals surface area contributed by atoms with Crippen LogP contribution in [0.25, 0.3) is 0 Å². The molecule has 0 saturated carbocycles. The zero-order valence-electron chi connectivity index (χ0n) is 10.2. The number of nitriles is 1. The summed E-state index contributed by atoms with van der Waals surface area (Å²) in [5, 5.41) is 20.5. The van der Waals surface area contributed by atoms with Gasteiger partial charge in [0.25, 0.3) is 0 Å². The Morgan fingerprint density at radius 1 is 1.39 bits per heavy atom. The van der Waals surface area contributed by atoms with Gasteiger partial charge in [-0.2, -0.15) is 17.0 Å². The lowest BCUT2D eigenvalue weighted by molar-refractivity contribution is 0.296. The van der Waals surface area contributed by atoms with Crippen molar-refractivity contribution in [3.05, 3.63) is 35.1 Å². The largest absolute Gasteiger partial charge is 0.396 e. The Bertz CT molecular complexity index is 406. The van der Waals surface area contributed by atoms with Crippen LogP contribution in [0.3, 0.4) is 0 Å². The van der Waals surface area contributed by atoms with Crippen molar-refractivity contribution in [2.45, 2.75) is 13.0 Å². The molecule has 0 aliphatic carbocycles. The Balaban J connectivity index is 2.22. The zero-order valence-corrected chi connectivity index (χ0v) is 11.0. The molecule has 1 aromatic rings. The van der Waals surface area contributed by atoms with E-state index >= 15 is 0 Å². The molecule has 5 heteroatoms. The van der Waals surface area contributed by atoms with Gasteiger partial charge < -0.3 is 10.4 Å². The SMILES string of the molecule is N#Cc1cc(CNCCSCCCO)ccc1F. The third-order valence-corrected chi connectivity index (χ3v) is 3.42. The maximum atomic E-state index is 13.1. The van der Waals surface area contributed by atoms with Crippen LogP contribution in [-0.4, -0.2) is 29.8 Å². The molecule has 1 aromatic carbocycles. The average Bonchev–Trinajstić information content (AvgIpc) is 2.39. The fourth-order valence-corrected chi connectivity index (χ4v) is 2.24. The maximum Gasteiger partial charge on any atom is 0.140 e. The first-order chi connectivity index (χ1) is 8.77. The summed E-state index contributed by atoms with van der Waals surface area (Å²) in [4.78, 5) is 0. The Labute approximate surface area is 111 Å². The van der Waals surface area contributed by atoms with E-state index in [-0.39, 0.29) is 12.2 Å². The predicted molar refractivity (Wildman–Crippen MR) is 71.8 cm³/mol. The lowest BCUT2D eigenvalue weighted by Crippen LogP contribution is -2.16. The molecule has 0 amide bonds. The predicted octanol–water partition coefficient (Wildman–Crippen LogP) is 1.90. The van der Waals surface area contributed by atoms with E-state index in [4.69, 9.17) is 10.4 Å². The van der Waals surface area contributed by atoms with Crippen LogP contribution in [0, 0.1) is 17.1 Å². The van der Waals surface area contributed by atoms with E-state index in [1.807, 2.05) is 6.07 Å². The van der Waals surface area contributed by atoms with Crippen LogP contribution in [0.5, 0.6) is 0 Å². The van der Waals surface area contributed by atoms with E-state index in [1.54, 1.807) is 23.9 Å². The number of nitrogens with one attached hydrogen (secondary N) is 1. The van der Waals surface area contributed by atoms with Crippen molar-refractivity contribution in [1.29, 1.82) is 5.26 Å². The van der Waals surface area contributed by atoms with Gasteiger partial charge in [-0.25, -0.2) is 4.39 Å². The molecule has 3 nitrogen and oxygen atoms in total. The summed E-state index contributed by atoms with van der Waals surface area (Å²) in [6.45, 7) is 1.73. The van der Waals surface area contributed by atoms with Gasteiger partial charge in [0.1, 0.15) is 11.9 Å². The second kappa shape index (κ2) is 8.92. The summed E-state index contributed by atoms with van der Waals surface area (Å²) in [5.74, 6) is 1.47. The molecule has 0 aromatic heterocycles. The molecule has 0 saturated heterocycles. The number of benzene rings is 1. The van der Waals surface area contributed by atoms with Crippen LogP contribution in [0.4, 0.5) is 4.39 Å². The minimum atomic E-state index is -0.471. The van der Waals surface area contributed by atoms with Crippen LogP contribution in [0.1, 0.15) is 17.5 Å². The van der Waals surface area contributed by atoms with Crippen molar-refractivity contribution in [1.82, 2.24) is 5.32 Å². The van der Waals surface area contributed by atoms with Gasteiger partial charge in [-0.3, -0.25) is 0 Å². The highest BCUT2D eigenvalue weighted by Crippen LogP contribution is 2.09. The zero-order chi connectivity index (χ0) is 13.2. The smallest absolute Gasteiger partial charge is 0.140 e. The quantitative estimate of drug-likeness (QED) is 0.707. The molecule has 0 aliphatic heterocycles. The average molecular weight is 268 g/mol. The lowest BCUT2D eigenvalue weighted by atomic mass is 10.1. The molecule has 2 N–H and O–H groups in total. The molecule has 0 unspecified atom stereocenters. The minimum absolute atomic E-state index is 0.0895. The van der Waals surface area contributed by atoms with Crippen LogP contribution >= 0.6 is 11.8 Å². The molecule has 18 heavy (non-hydrogen) atoms. The Morgan fingerprint density at radius 2 is 2.22 bits per heavy atom. The molecular formula is C13H17FN2OS. The summed E-state index contributed by atoms with van der Waals surface area (Å²) >= 11 is 1.79. The molecule has 98 valence electrons. The van der Waals surface area contributed by atoms with Crippen molar-refractivity contribution in [2.75, 3.05) is 24.7 Å². The van der Waals surface area contributed by atoms with Gasteiger partial charge in [0.2, 0.25) is 0 Å². The molecular weight excluding hydrogens is 251 g/mol. The highest BCUT2D eigenvalue weighted by Gasteiger charge is 2.02. The monoisotopic (exact) mass is 268 g/mol. The van der Waals surface area contributed by atoms with Crippen molar-refractivity contribution in [3.63, 3.8) is 0 Å². The summed E-state index contributed by atoms with van der Waals surface area (Å²) in [7, 11) is 0. The molecule has 1 rings (SSSR count). The molecule has 0 spiro atoms. The van der Waals surface area contributed by atoms with E-state index in [9.17, 15) is 4.39 Å². The Morgan fingerprint density at radius 3 is 2.94 bits per heavy atom. The third-order valence-electron chi connectivity index (χ3n) is 2.35. The van der Waals surface area contributed by atoms with E-state index < -0.39 is 5.82 Å². The highest BCUT2D eigenvalue weighted by atomic mass is 32.2. The second-order valence-electron chi connectivity index (χ2n) is 3.79. The molecule has 0 aliphatic rings. The van der Waals surface area contributed by atoms with Gasteiger partial charge >= 0.3 is 0 Å². The number of hydrogen-bond acceptors (Lipinski definition) is 4. The van der Waals surface area contributed by atoms with E-state index in [2.05, 4.69) is 5.32 Å². The van der Waals surface area contributed by atoms with Gasteiger partial charge in [0, 0.05) is 25.4 Å². The molecule has 0 atom stereocenters. The molecule has 0 radical (unpaired) electrons. The van der Waals surface area contributed by atoms with Crippen LogP contribution in [0.2, 0.25) is 0 Å². The Kier molecular flexibility index (Phi) is 7.42. The summed E-state index contributed by atoms with van der Waals surface area (Å²) in [5.41, 5.74) is 1.000. The topological polar surface area (TPSA) is 56.0 Å². The third kappa shape index (κ3) is 5.50. The van der Waals surface area contributed by atoms with Gasteiger partial charge in [0.15, 0.2) is 0 Å². The van der Waals surface area contributed by atoms with Gasteiger partial charge in [-0.05, 0) is 29.9 Å².